The second kappa shape index (κ2) is 8.07. The maximum absolute atomic E-state index is 12.3. The summed E-state index contributed by atoms with van der Waals surface area (Å²) in [6.07, 6.45) is 0. The Hall–Kier alpha value is -2.78. The number of nitrogens with zero attached hydrogens (tertiary/aromatic N) is 3. The maximum atomic E-state index is 12.3. The summed E-state index contributed by atoms with van der Waals surface area (Å²) in [5.41, 5.74) is 10.1. The van der Waals surface area contributed by atoms with Gasteiger partial charge >= 0.3 is 5.97 Å². The molecule has 7 nitrogen and oxygen atoms in total. The molecule has 0 unspecified atom stereocenters. The van der Waals surface area contributed by atoms with Crippen LogP contribution in [0, 0.1) is 20.8 Å². The van der Waals surface area contributed by atoms with Crippen LogP contribution < -0.4 is 10.6 Å². The predicted molar refractivity (Wildman–Crippen MR) is 111 cm³/mol. The van der Waals surface area contributed by atoms with Gasteiger partial charge in [-0.1, -0.05) is 17.7 Å². The largest absolute Gasteiger partial charge is 0.455 e. The molecule has 146 valence electrons. The highest BCUT2D eigenvalue weighted by Gasteiger charge is 2.21. The molecule has 0 aliphatic rings. The molecule has 28 heavy (non-hydrogen) atoms. The van der Waals surface area contributed by atoms with Crippen molar-refractivity contribution in [1.29, 1.82) is 0 Å². The molecule has 0 atom stereocenters. The molecule has 0 saturated carbocycles. The number of hydrogen-bond donors (Lipinski definition) is 1. The number of benzene rings is 1. The van der Waals surface area contributed by atoms with Gasteiger partial charge in [-0.25, -0.2) is 9.78 Å². The van der Waals surface area contributed by atoms with Gasteiger partial charge < -0.3 is 10.5 Å². The van der Waals surface area contributed by atoms with Gasteiger partial charge in [0.15, 0.2) is 5.13 Å². The van der Waals surface area contributed by atoms with Gasteiger partial charge in [-0.3, -0.25) is 9.69 Å². The van der Waals surface area contributed by atoms with E-state index in [1.54, 1.807) is 17.2 Å². The van der Waals surface area contributed by atoms with E-state index in [1.807, 2.05) is 32.0 Å². The standard InChI is InChI=1S/C19H20N4O3S2/c1-10-5-6-15(11(2)7-10)23(13(4)24)19-21-14(9-27-19)8-26-18(25)16-12(3)22-28-17(16)20/h5-7,9H,8,20H2,1-4H3. The molecule has 3 rings (SSSR count). The zero-order valence-electron chi connectivity index (χ0n) is 16.0. The van der Waals surface area contributed by atoms with Gasteiger partial charge in [-0.2, -0.15) is 4.37 Å². The Morgan fingerprint density at radius 3 is 2.61 bits per heavy atom. The van der Waals surface area contributed by atoms with E-state index in [4.69, 9.17) is 10.5 Å². The minimum Gasteiger partial charge on any atom is -0.455 e. The fraction of sp³-hybridized carbons (Fsp3) is 0.263. The Labute approximate surface area is 170 Å². The quantitative estimate of drug-likeness (QED) is 0.628. The number of aryl methyl sites for hydroxylation is 3. The van der Waals surface area contributed by atoms with E-state index < -0.39 is 5.97 Å². The zero-order valence-corrected chi connectivity index (χ0v) is 17.6. The molecule has 0 fully saturated rings. The summed E-state index contributed by atoms with van der Waals surface area (Å²) in [7, 11) is 0. The SMILES string of the molecule is CC(=O)N(c1nc(COC(=O)c2c(C)nsc2N)cs1)c1ccc(C)cc1C. The van der Waals surface area contributed by atoms with Crippen LogP contribution in [0.3, 0.4) is 0 Å². The molecule has 1 aromatic carbocycles. The van der Waals surface area contributed by atoms with Gasteiger partial charge in [0.25, 0.3) is 0 Å². The van der Waals surface area contributed by atoms with Crippen molar-refractivity contribution in [2.45, 2.75) is 34.3 Å². The number of thiazole rings is 1. The first kappa shape index (κ1) is 20.0. The Balaban J connectivity index is 1.78. The molecule has 2 N–H and O–H groups in total. The lowest BCUT2D eigenvalue weighted by molar-refractivity contribution is -0.115. The number of anilines is 3. The lowest BCUT2D eigenvalue weighted by Gasteiger charge is -2.20. The predicted octanol–water partition coefficient (Wildman–Crippen LogP) is 4.15. The second-order valence-electron chi connectivity index (χ2n) is 6.35. The van der Waals surface area contributed by atoms with E-state index in [2.05, 4.69) is 9.36 Å². The van der Waals surface area contributed by atoms with E-state index in [0.717, 1.165) is 28.3 Å². The van der Waals surface area contributed by atoms with Crippen molar-refractivity contribution in [2.24, 2.45) is 0 Å². The van der Waals surface area contributed by atoms with E-state index >= 15 is 0 Å². The van der Waals surface area contributed by atoms with Crippen LogP contribution in [-0.4, -0.2) is 21.2 Å². The van der Waals surface area contributed by atoms with Crippen LogP contribution in [0.2, 0.25) is 0 Å². The van der Waals surface area contributed by atoms with E-state index in [-0.39, 0.29) is 12.5 Å². The van der Waals surface area contributed by atoms with Crippen LogP contribution >= 0.6 is 22.9 Å². The molecule has 9 heteroatoms. The number of carbonyl (C=O) groups excluding carboxylic acids is 2. The van der Waals surface area contributed by atoms with Crippen LogP contribution in [0.25, 0.3) is 0 Å². The van der Waals surface area contributed by atoms with Crippen LogP contribution in [0.5, 0.6) is 0 Å². The number of nitrogens with two attached hydrogens (primary N) is 1. The Bertz CT molecular complexity index is 1020. The van der Waals surface area contributed by atoms with Gasteiger partial charge in [0.05, 0.1) is 17.1 Å². The average Bonchev–Trinajstić information content (AvgIpc) is 3.21. The van der Waals surface area contributed by atoms with Gasteiger partial charge in [-0.15, -0.1) is 11.3 Å². The van der Waals surface area contributed by atoms with Crippen LogP contribution in [0.15, 0.2) is 23.6 Å². The highest BCUT2D eigenvalue weighted by Crippen LogP contribution is 2.32. The maximum Gasteiger partial charge on any atom is 0.343 e. The molecular formula is C19H20N4O3S2. The van der Waals surface area contributed by atoms with Gasteiger partial charge in [0.2, 0.25) is 5.91 Å². The van der Waals surface area contributed by atoms with E-state index in [0.29, 0.717) is 27.1 Å². The van der Waals surface area contributed by atoms with Crippen molar-refractivity contribution in [2.75, 3.05) is 10.6 Å². The van der Waals surface area contributed by atoms with Crippen LogP contribution in [0.1, 0.15) is 39.8 Å². The summed E-state index contributed by atoms with van der Waals surface area (Å²) in [6.45, 7) is 7.15. The molecule has 0 aliphatic carbocycles. The smallest absolute Gasteiger partial charge is 0.343 e. The molecule has 2 aromatic heterocycles. The number of nitrogen functional groups attached to an aromatic ring is 1. The molecule has 0 bridgehead atoms. The summed E-state index contributed by atoms with van der Waals surface area (Å²) < 4.78 is 9.37. The number of ether oxygens (including phenoxy) is 1. The highest BCUT2D eigenvalue weighted by atomic mass is 32.1. The lowest BCUT2D eigenvalue weighted by Crippen LogP contribution is -2.23. The minimum absolute atomic E-state index is 0.0112. The summed E-state index contributed by atoms with van der Waals surface area (Å²) in [6, 6.07) is 5.88. The van der Waals surface area contributed by atoms with Gasteiger partial charge in [-0.05, 0) is 43.9 Å². The van der Waals surface area contributed by atoms with Crippen molar-refractivity contribution >= 4 is 50.6 Å². The Kier molecular flexibility index (Phi) is 5.76. The van der Waals surface area contributed by atoms with Gasteiger partial charge in [0.1, 0.15) is 17.2 Å². The number of rotatable bonds is 5. The summed E-state index contributed by atoms with van der Waals surface area (Å²) in [5, 5.41) is 2.63. The van der Waals surface area contributed by atoms with Crippen molar-refractivity contribution < 1.29 is 14.3 Å². The number of aromatic nitrogens is 2. The first-order valence-corrected chi connectivity index (χ1v) is 10.1. The number of esters is 1. The molecule has 0 aliphatic heterocycles. The molecule has 0 spiro atoms. The normalized spacial score (nSPS) is 10.7. The molecule has 3 aromatic rings. The first-order chi connectivity index (χ1) is 13.3. The fourth-order valence-corrected chi connectivity index (χ4v) is 4.29. The summed E-state index contributed by atoms with van der Waals surface area (Å²) in [4.78, 5) is 30.6. The van der Waals surface area contributed by atoms with E-state index in [9.17, 15) is 9.59 Å². The second-order valence-corrected chi connectivity index (χ2v) is 7.99. The summed E-state index contributed by atoms with van der Waals surface area (Å²) in [5.74, 6) is -0.673. The van der Waals surface area contributed by atoms with Crippen LogP contribution in [0.4, 0.5) is 15.8 Å². The lowest BCUT2D eigenvalue weighted by atomic mass is 10.1. The average molecular weight is 417 g/mol. The summed E-state index contributed by atoms with van der Waals surface area (Å²) >= 11 is 2.38. The number of hydrogen-bond acceptors (Lipinski definition) is 8. The molecular weight excluding hydrogens is 396 g/mol. The number of carbonyl (C=O) groups is 2. The minimum atomic E-state index is -0.531. The first-order valence-electron chi connectivity index (χ1n) is 8.49. The molecule has 0 saturated heterocycles. The molecule has 2 heterocycles. The topological polar surface area (TPSA) is 98.4 Å². The Morgan fingerprint density at radius 2 is 2.00 bits per heavy atom. The third-order valence-corrected chi connectivity index (χ3v) is 5.72. The molecule has 0 radical (unpaired) electrons. The van der Waals surface area contributed by atoms with Crippen LogP contribution in [-0.2, 0) is 16.1 Å². The van der Waals surface area contributed by atoms with Gasteiger partial charge in [0, 0.05) is 12.3 Å². The van der Waals surface area contributed by atoms with Crippen molar-refractivity contribution in [3.8, 4) is 0 Å². The van der Waals surface area contributed by atoms with E-state index in [1.165, 1.54) is 18.3 Å². The fourth-order valence-electron chi connectivity index (χ4n) is 2.78. The zero-order chi connectivity index (χ0) is 20.4. The highest BCUT2D eigenvalue weighted by molar-refractivity contribution is 7.14. The number of amides is 1. The van der Waals surface area contributed by atoms with Crippen molar-refractivity contribution in [3.05, 3.63) is 51.7 Å². The third kappa shape index (κ3) is 4.05. The monoisotopic (exact) mass is 416 g/mol. The van der Waals surface area contributed by atoms with Crippen molar-refractivity contribution in [3.63, 3.8) is 0 Å². The third-order valence-electron chi connectivity index (χ3n) is 4.08. The Morgan fingerprint density at radius 1 is 1.25 bits per heavy atom. The molecule has 1 amide bonds. The van der Waals surface area contributed by atoms with Crippen molar-refractivity contribution in [1.82, 2.24) is 9.36 Å².